The summed E-state index contributed by atoms with van der Waals surface area (Å²) in [6.45, 7) is 4.22. The molecule has 160 valence electrons. The SMILES string of the molecule is Cc1cnc(-c2cccc3c2oc2c3ccc3c2c2cccc4c5ccccc5n3c42)cc1C. The Morgan fingerprint density at radius 3 is 2.32 bits per heavy atom. The number of nitrogens with zero attached hydrogens (tertiary/aromatic N) is 2. The highest BCUT2D eigenvalue weighted by molar-refractivity contribution is 6.29. The van der Waals surface area contributed by atoms with Gasteiger partial charge in [0, 0.05) is 38.7 Å². The van der Waals surface area contributed by atoms with E-state index < -0.39 is 0 Å². The summed E-state index contributed by atoms with van der Waals surface area (Å²) < 4.78 is 9.14. The van der Waals surface area contributed by atoms with Gasteiger partial charge in [-0.25, -0.2) is 0 Å². The van der Waals surface area contributed by atoms with Gasteiger partial charge in [0.05, 0.1) is 27.6 Å². The molecule has 4 aromatic carbocycles. The highest BCUT2D eigenvalue weighted by Gasteiger charge is 2.22. The van der Waals surface area contributed by atoms with Gasteiger partial charge in [0.1, 0.15) is 11.2 Å². The lowest BCUT2D eigenvalue weighted by Crippen LogP contribution is -1.88. The van der Waals surface area contributed by atoms with Gasteiger partial charge in [0.2, 0.25) is 0 Å². The van der Waals surface area contributed by atoms with Crippen LogP contribution in [0.2, 0.25) is 0 Å². The van der Waals surface area contributed by atoms with Crippen LogP contribution in [0.4, 0.5) is 0 Å². The molecule has 0 fully saturated rings. The standard InChI is InChI=1S/C31H20N2O/c1-17-15-25(32-16-18(17)2)23-10-6-9-21-22-13-14-27-28(31(22)34-30(21)23)24-11-5-8-20-19-7-3-4-12-26(19)33(27)29(20)24/h3-16H,1-2H3. The second kappa shape index (κ2) is 6.15. The minimum absolute atomic E-state index is 0.898. The third-order valence-corrected chi connectivity index (χ3v) is 7.50. The summed E-state index contributed by atoms with van der Waals surface area (Å²) in [4.78, 5) is 4.73. The molecule has 0 aliphatic rings. The van der Waals surface area contributed by atoms with E-state index in [0.717, 1.165) is 33.2 Å². The summed E-state index contributed by atoms with van der Waals surface area (Å²) >= 11 is 0. The van der Waals surface area contributed by atoms with E-state index in [9.17, 15) is 0 Å². The highest BCUT2D eigenvalue weighted by Crippen LogP contribution is 2.44. The predicted molar refractivity (Wildman–Crippen MR) is 141 cm³/mol. The lowest BCUT2D eigenvalue weighted by Gasteiger charge is -2.05. The lowest BCUT2D eigenvalue weighted by atomic mass is 10.0. The van der Waals surface area contributed by atoms with Crippen molar-refractivity contribution >= 4 is 60.0 Å². The van der Waals surface area contributed by atoms with Crippen molar-refractivity contribution in [2.24, 2.45) is 0 Å². The molecular weight excluding hydrogens is 416 g/mol. The monoisotopic (exact) mass is 436 g/mol. The summed E-state index contributed by atoms with van der Waals surface area (Å²) in [5, 5.41) is 7.26. The molecule has 0 aliphatic carbocycles. The van der Waals surface area contributed by atoms with Crippen LogP contribution < -0.4 is 0 Å². The van der Waals surface area contributed by atoms with Crippen LogP contribution in [0.25, 0.3) is 71.3 Å². The van der Waals surface area contributed by atoms with Crippen molar-refractivity contribution in [2.75, 3.05) is 0 Å². The Bertz CT molecular complexity index is 2090. The van der Waals surface area contributed by atoms with Gasteiger partial charge in [0.25, 0.3) is 0 Å². The molecule has 8 rings (SSSR count). The Balaban J connectivity index is 1.56. The summed E-state index contributed by atoms with van der Waals surface area (Å²) in [7, 11) is 0. The van der Waals surface area contributed by atoms with Crippen LogP contribution in [0.15, 0.2) is 89.5 Å². The maximum absolute atomic E-state index is 6.74. The predicted octanol–water partition coefficient (Wildman–Crippen LogP) is 8.41. The Labute approximate surface area is 195 Å². The molecule has 0 saturated carbocycles. The Morgan fingerprint density at radius 2 is 1.41 bits per heavy atom. The second-order valence-electron chi connectivity index (χ2n) is 9.33. The number of furan rings is 1. The third kappa shape index (κ3) is 2.10. The van der Waals surface area contributed by atoms with Gasteiger partial charge in [-0.05, 0) is 55.3 Å². The molecule has 0 amide bonds. The molecule has 34 heavy (non-hydrogen) atoms. The fraction of sp³-hybridized carbons (Fsp3) is 0.0645. The van der Waals surface area contributed by atoms with Crippen molar-refractivity contribution < 1.29 is 4.42 Å². The number of hydrogen-bond donors (Lipinski definition) is 0. The number of aromatic nitrogens is 2. The first-order valence-corrected chi connectivity index (χ1v) is 11.7. The van der Waals surface area contributed by atoms with E-state index in [1.165, 1.54) is 49.2 Å². The Morgan fingerprint density at radius 1 is 0.647 bits per heavy atom. The van der Waals surface area contributed by atoms with E-state index in [1.807, 2.05) is 6.20 Å². The third-order valence-electron chi connectivity index (χ3n) is 7.50. The van der Waals surface area contributed by atoms with Crippen LogP contribution in [0.1, 0.15) is 11.1 Å². The van der Waals surface area contributed by atoms with E-state index in [2.05, 4.69) is 97.1 Å². The maximum atomic E-state index is 6.74. The van der Waals surface area contributed by atoms with Crippen LogP contribution >= 0.6 is 0 Å². The van der Waals surface area contributed by atoms with Crippen LogP contribution in [-0.2, 0) is 0 Å². The second-order valence-corrected chi connectivity index (χ2v) is 9.33. The molecule has 0 unspecified atom stereocenters. The molecule has 0 spiro atoms. The lowest BCUT2D eigenvalue weighted by molar-refractivity contribution is 0.674. The van der Waals surface area contributed by atoms with Crippen LogP contribution in [0.3, 0.4) is 0 Å². The molecular formula is C31H20N2O. The number of pyridine rings is 1. The molecule has 0 aliphatic heterocycles. The average molecular weight is 437 g/mol. The molecule has 0 bridgehead atoms. The highest BCUT2D eigenvalue weighted by atomic mass is 16.3. The minimum Gasteiger partial charge on any atom is -0.455 e. The first kappa shape index (κ1) is 18.1. The van der Waals surface area contributed by atoms with Gasteiger partial charge in [-0.1, -0.05) is 48.5 Å². The number of para-hydroxylation sites is 3. The molecule has 3 heteroatoms. The summed E-state index contributed by atoms with van der Waals surface area (Å²) in [5.74, 6) is 0. The largest absolute Gasteiger partial charge is 0.455 e. The van der Waals surface area contributed by atoms with Gasteiger partial charge in [-0.3, -0.25) is 4.98 Å². The fourth-order valence-corrected chi connectivity index (χ4v) is 5.74. The molecule has 3 nitrogen and oxygen atoms in total. The number of rotatable bonds is 1. The summed E-state index contributed by atoms with van der Waals surface area (Å²) in [6.07, 6.45) is 1.95. The van der Waals surface area contributed by atoms with Crippen molar-refractivity contribution in [3.05, 3.63) is 96.2 Å². The average Bonchev–Trinajstić information content (AvgIpc) is 3.52. The van der Waals surface area contributed by atoms with Crippen LogP contribution in [0.5, 0.6) is 0 Å². The van der Waals surface area contributed by atoms with Crippen LogP contribution in [0, 0.1) is 13.8 Å². The van der Waals surface area contributed by atoms with Crippen molar-refractivity contribution in [3.8, 4) is 11.3 Å². The Kier molecular flexibility index (Phi) is 3.27. The molecule has 0 atom stereocenters. The number of hydrogen-bond acceptors (Lipinski definition) is 2. The topological polar surface area (TPSA) is 30.4 Å². The normalized spacial score (nSPS) is 12.4. The smallest absolute Gasteiger partial charge is 0.145 e. The molecule has 4 heterocycles. The molecule has 0 saturated heterocycles. The van der Waals surface area contributed by atoms with Gasteiger partial charge < -0.3 is 8.82 Å². The Hall–Kier alpha value is -4.37. The van der Waals surface area contributed by atoms with Crippen LogP contribution in [-0.4, -0.2) is 9.38 Å². The summed E-state index contributed by atoms with van der Waals surface area (Å²) in [5.41, 5.74) is 9.94. The maximum Gasteiger partial charge on any atom is 0.145 e. The van der Waals surface area contributed by atoms with Crippen molar-refractivity contribution in [2.45, 2.75) is 13.8 Å². The van der Waals surface area contributed by atoms with E-state index in [-0.39, 0.29) is 0 Å². The zero-order valence-corrected chi connectivity index (χ0v) is 18.9. The van der Waals surface area contributed by atoms with Gasteiger partial charge in [0.15, 0.2) is 0 Å². The molecule has 8 aromatic rings. The van der Waals surface area contributed by atoms with E-state index in [1.54, 1.807) is 0 Å². The zero-order valence-electron chi connectivity index (χ0n) is 18.9. The first-order chi connectivity index (χ1) is 16.7. The van der Waals surface area contributed by atoms with Crippen molar-refractivity contribution in [3.63, 3.8) is 0 Å². The van der Waals surface area contributed by atoms with E-state index >= 15 is 0 Å². The number of benzene rings is 4. The number of fused-ring (bicyclic) bond motifs is 10. The fourth-order valence-electron chi connectivity index (χ4n) is 5.74. The molecule has 4 aromatic heterocycles. The quantitative estimate of drug-likeness (QED) is 0.258. The number of aryl methyl sites for hydroxylation is 2. The van der Waals surface area contributed by atoms with Crippen molar-refractivity contribution in [1.82, 2.24) is 9.38 Å². The van der Waals surface area contributed by atoms with Gasteiger partial charge in [-0.15, -0.1) is 0 Å². The molecule has 0 N–H and O–H groups in total. The van der Waals surface area contributed by atoms with E-state index in [0.29, 0.717) is 0 Å². The zero-order chi connectivity index (χ0) is 22.6. The minimum atomic E-state index is 0.898. The van der Waals surface area contributed by atoms with Gasteiger partial charge >= 0.3 is 0 Å². The van der Waals surface area contributed by atoms with E-state index in [4.69, 9.17) is 9.40 Å². The summed E-state index contributed by atoms with van der Waals surface area (Å²) in [6, 6.07) is 28.3. The first-order valence-electron chi connectivity index (χ1n) is 11.7. The molecule has 0 radical (unpaired) electrons. The van der Waals surface area contributed by atoms with Crippen molar-refractivity contribution in [1.29, 1.82) is 0 Å². The van der Waals surface area contributed by atoms with Gasteiger partial charge in [-0.2, -0.15) is 0 Å².